The largest absolute Gasteiger partial charge is 0.342 e. The molecule has 4 aliphatic rings. The van der Waals surface area contributed by atoms with Crippen molar-refractivity contribution in [2.45, 2.75) is 31.4 Å². The summed E-state index contributed by atoms with van der Waals surface area (Å²) in [4.78, 5) is 128. The van der Waals surface area contributed by atoms with Crippen LogP contribution >= 0.6 is 70.6 Å². The molecule has 0 saturated heterocycles. The van der Waals surface area contributed by atoms with Crippen LogP contribution in [-0.4, -0.2) is 50.8 Å². The molecular formula is C72H45NO8S6. The van der Waals surface area contributed by atoms with E-state index in [1.807, 2.05) is 11.5 Å². The van der Waals surface area contributed by atoms with Gasteiger partial charge in [-0.15, -0.1) is 0 Å². The van der Waals surface area contributed by atoms with E-state index in [9.17, 15) is 0 Å². The van der Waals surface area contributed by atoms with E-state index in [0.29, 0.717) is 21.2 Å². The van der Waals surface area contributed by atoms with Gasteiger partial charge in [-0.05, 0) is 6.92 Å². The van der Waals surface area contributed by atoms with Crippen LogP contribution in [0.3, 0.4) is 0 Å². The van der Waals surface area contributed by atoms with Crippen molar-refractivity contribution in [3.05, 3.63) is 339 Å². The molecule has 422 valence electrons. The predicted octanol–water partition coefficient (Wildman–Crippen LogP) is 17.0. The lowest BCUT2D eigenvalue weighted by Gasteiger charge is -2.38. The average molecular weight is 1240 g/mol. The van der Waals surface area contributed by atoms with Gasteiger partial charge in [0.25, 0.3) is 0 Å². The number of rotatable bonds is 17. The van der Waals surface area contributed by atoms with E-state index in [-0.39, 0.29) is 91.6 Å². The van der Waals surface area contributed by atoms with Crippen molar-refractivity contribution in [1.82, 2.24) is 4.57 Å². The third-order valence-corrected chi connectivity index (χ3v) is 23.9. The van der Waals surface area contributed by atoms with Crippen LogP contribution in [0.5, 0.6) is 0 Å². The van der Waals surface area contributed by atoms with Crippen LogP contribution in [0.4, 0.5) is 0 Å². The maximum absolute atomic E-state index is 16.4. The highest BCUT2D eigenvalue weighted by Crippen LogP contribution is 2.75. The molecule has 15 heteroatoms. The summed E-state index contributed by atoms with van der Waals surface area (Å²) < 4.78 is -1.81. The monoisotopic (exact) mass is 1240 g/mol. The lowest BCUT2D eigenvalue weighted by atomic mass is 9.94. The van der Waals surface area contributed by atoms with Crippen LogP contribution in [0, 0.1) is 0 Å². The minimum Gasteiger partial charge on any atom is -0.342 e. The van der Waals surface area contributed by atoms with Crippen molar-refractivity contribution < 1.29 is 38.4 Å². The van der Waals surface area contributed by atoms with Gasteiger partial charge in [-0.2, -0.15) is 0 Å². The first kappa shape index (κ1) is 57.5. The highest BCUT2D eigenvalue weighted by atomic mass is 32.2. The van der Waals surface area contributed by atoms with E-state index in [2.05, 4.69) is 0 Å². The molecule has 0 fully saturated rings. The molecule has 0 aliphatic carbocycles. The van der Waals surface area contributed by atoms with Gasteiger partial charge in [-0.1, -0.05) is 313 Å². The zero-order valence-electron chi connectivity index (χ0n) is 46.0. The van der Waals surface area contributed by atoms with Crippen LogP contribution in [0.1, 0.15) is 101 Å². The number of hydrogen-bond donors (Lipinski definition) is 0. The summed E-state index contributed by atoms with van der Waals surface area (Å²) in [6.45, 7) is 1.98. The molecular weight excluding hydrogens is 1200 g/mol. The topological polar surface area (TPSA) is 141 Å². The highest BCUT2D eigenvalue weighted by Gasteiger charge is 2.63. The quantitative estimate of drug-likeness (QED) is 0.0798. The summed E-state index contributed by atoms with van der Waals surface area (Å²) >= 11 is 6.15. The minimum atomic E-state index is -1.89. The van der Waals surface area contributed by atoms with E-state index in [4.69, 9.17) is 0 Å². The van der Waals surface area contributed by atoms with Crippen LogP contribution in [0.15, 0.2) is 293 Å². The number of carbonyl (C=O) groups excluding carboxylic acids is 8. The normalized spacial score (nSPS) is 15.6. The second-order valence-corrected chi connectivity index (χ2v) is 27.7. The molecule has 87 heavy (non-hydrogen) atoms. The van der Waals surface area contributed by atoms with E-state index >= 15 is 38.4 Å². The van der Waals surface area contributed by atoms with Gasteiger partial charge < -0.3 is 4.57 Å². The Kier molecular flexibility index (Phi) is 15.8. The van der Waals surface area contributed by atoms with Crippen molar-refractivity contribution in [3.63, 3.8) is 0 Å². The Morgan fingerprint density at radius 1 is 0.276 bits per heavy atom. The van der Waals surface area contributed by atoms with Crippen molar-refractivity contribution in [1.29, 1.82) is 0 Å². The number of thioether (sulfide) groups is 6. The number of Topliss-reactive ketones (excluding diaryl/α,β-unsaturated/α-hetero) is 8. The Hall–Kier alpha value is -8.54. The molecule has 0 unspecified atom stereocenters. The van der Waals surface area contributed by atoms with Crippen LogP contribution in [0.25, 0.3) is 0 Å². The smallest absolute Gasteiger partial charge is 0.200 e. The first-order chi connectivity index (χ1) is 42.4. The number of hydrogen-bond acceptors (Lipinski definition) is 14. The van der Waals surface area contributed by atoms with E-state index in [0.717, 1.165) is 70.6 Å². The number of fused-ring (bicyclic) bond motifs is 5. The molecule has 9 nitrogen and oxygen atoms in total. The van der Waals surface area contributed by atoms with E-state index in [1.54, 1.807) is 243 Å². The summed E-state index contributed by atoms with van der Waals surface area (Å²) in [5, 5.41) is 0. The zero-order valence-corrected chi connectivity index (χ0v) is 50.9. The van der Waals surface area contributed by atoms with Gasteiger partial charge in [0, 0.05) is 51.1 Å². The van der Waals surface area contributed by atoms with Crippen LogP contribution in [-0.2, 0) is 14.7 Å². The zero-order chi connectivity index (χ0) is 60.0. The summed E-state index contributed by atoms with van der Waals surface area (Å²) in [5.74, 6) is -4.12. The van der Waals surface area contributed by atoms with Crippen molar-refractivity contribution in [3.8, 4) is 0 Å². The lowest BCUT2D eigenvalue weighted by molar-refractivity contribution is 0.100. The molecule has 4 aliphatic heterocycles. The second kappa shape index (κ2) is 24.0. The second-order valence-electron chi connectivity index (χ2n) is 20.2. The standard InChI is InChI=1S/C72H45NO8S6/c1-2-73-69-67(82-61(55(76)45-31-15-5-16-32-45)51(53(74)43-27-11-3-12-28-43)71(69)84-63(57(78)47-35-19-7-20-36-47)64(85-71)58(79)48-37-21-8-22-38-48)68-70(73)72(52(54(75)44-29-13-4-14-30-44)62(83-68)56(77)46-33-17-6-18-34-46)86-65(59(80)49-39-23-9-24-40-49)66(87-72)60(81)50-41-25-10-26-42-50/h3-42H,2H2,1H3. The van der Waals surface area contributed by atoms with Gasteiger partial charge in [0.15, 0.2) is 23.1 Å². The Labute approximate surface area is 526 Å². The van der Waals surface area contributed by atoms with Crippen molar-refractivity contribution in [2.75, 3.05) is 0 Å². The van der Waals surface area contributed by atoms with Gasteiger partial charge in [0.05, 0.1) is 61.8 Å². The first-order valence-electron chi connectivity index (χ1n) is 27.6. The Morgan fingerprint density at radius 3 is 0.655 bits per heavy atom. The van der Waals surface area contributed by atoms with Gasteiger partial charge in [-0.25, -0.2) is 0 Å². The molecule has 13 rings (SSSR count). The fourth-order valence-corrected chi connectivity index (χ4v) is 21.4. The number of aromatic nitrogens is 1. The number of nitrogens with zero attached hydrogens (tertiary/aromatic N) is 1. The van der Waals surface area contributed by atoms with E-state index < -0.39 is 54.4 Å². The fourth-order valence-electron chi connectivity index (χ4n) is 11.0. The summed E-state index contributed by atoms with van der Waals surface area (Å²) in [6, 6.07) is 68.5. The summed E-state index contributed by atoms with van der Waals surface area (Å²) in [7, 11) is 0. The molecule has 2 spiro atoms. The Bertz CT molecular complexity index is 4080. The third-order valence-electron chi connectivity index (χ3n) is 15.0. The Morgan fingerprint density at radius 2 is 0.460 bits per heavy atom. The van der Waals surface area contributed by atoms with Crippen LogP contribution < -0.4 is 0 Å². The molecule has 0 N–H and O–H groups in total. The molecule has 0 atom stereocenters. The highest BCUT2D eigenvalue weighted by molar-refractivity contribution is 8.26. The average Bonchev–Trinajstić information content (AvgIpc) is 1.53. The molecule has 0 saturated carbocycles. The molecule has 0 radical (unpaired) electrons. The maximum atomic E-state index is 16.4. The first-order valence-corrected chi connectivity index (χ1v) is 32.5. The third kappa shape index (κ3) is 10.1. The molecule has 9 aromatic rings. The van der Waals surface area contributed by atoms with Gasteiger partial charge in [0.1, 0.15) is 8.16 Å². The number of ketones is 8. The number of carbonyl (C=O) groups is 8. The maximum Gasteiger partial charge on any atom is 0.200 e. The predicted molar refractivity (Wildman–Crippen MR) is 350 cm³/mol. The minimum absolute atomic E-state index is 0.00370. The SMILES string of the molecule is CCn1c2c(c3c1C1(SC(C(=O)c4ccccc4)=C(C(=O)c4ccccc4)S1)C(C(=O)c1ccccc1)=C(C(=O)c1ccccc1)S3)SC(C(=O)c1ccccc1)=C(C(=O)c1ccccc1)C21SC(C(=O)c2ccccc2)=C(C(=O)c2ccccc2)S1. The Balaban J connectivity index is 1.17. The molecule has 0 amide bonds. The lowest BCUT2D eigenvalue weighted by Crippen LogP contribution is -2.35. The number of benzene rings is 8. The van der Waals surface area contributed by atoms with Crippen LogP contribution in [0.2, 0.25) is 0 Å². The van der Waals surface area contributed by atoms with Gasteiger partial charge >= 0.3 is 0 Å². The number of allylic oxidation sites excluding steroid dienone is 6. The molecule has 0 bridgehead atoms. The van der Waals surface area contributed by atoms with Crippen molar-refractivity contribution in [2.24, 2.45) is 0 Å². The molecule has 5 heterocycles. The molecule has 1 aromatic heterocycles. The molecule has 8 aromatic carbocycles. The summed E-state index contributed by atoms with van der Waals surface area (Å²) in [5.41, 5.74) is 2.82. The van der Waals surface area contributed by atoms with Gasteiger partial charge in [0.2, 0.25) is 23.1 Å². The summed E-state index contributed by atoms with van der Waals surface area (Å²) in [6.07, 6.45) is 0. The van der Waals surface area contributed by atoms with Crippen molar-refractivity contribution >= 4 is 117 Å². The fraction of sp³-hybridized carbons (Fsp3) is 0.0556. The van der Waals surface area contributed by atoms with Gasteiger partial charge in [-0.3, -0.25) is 38.4 Å². The van der Waals surface area contributed by atoms with E-state index in [1.165, 1.54) is 0 Å².